The molecule has 0 aliphatic heterocycles. The van der Waals surface area contributed by atoms with Gasteiger partial charge in [-0.3, -0.25) is 0 Å². The molecule has 5 nitrogen and oxygen atoms in total. The van der Waals surface area contributed by atoms with Gasteiger partial charge in [0.15, 0.2) is 6.23 Å². The van der Waals surface area contributed by atoms with E-state index < -0.39 is 14.5 Å². The van der Waals surface area contributed by atoms with Gasteiger partial charge in [-0.15, -0.1) is 26.4 Å². The first-order chi connectivity index (χ1) is 14.1. The second kappa shape index (κ2) is 15.7. The molecular weight excluding hydrogens is 465 g/mol. The molecule has 3 aromatic rings. The molecule has 0 aliphatic carbocycles. The Morgan fingerprint density at radius 2 is 1.27 bits per heavy atom. The van der Waals surface area contributed by atoms with Gasteiger partial charge in [-0.2, -0.15) is 0 Å². The molecule has 30 heavy (non-hydrogen) atoms. The molecule has 3 aromatic carbocycles. The number of benzene rings is 3. The number of nitrogens with two attached hydrogens (primary N) is 1. The van der Waals surface area contributed by atoms with Gasteiger partial charge in [0.25, 0.3) is 0 Å². The van der Waals surface area contributed by atoms with E-state index in [1.165, 1.54) is 11.1 Å². The molecule has 3 N–H and O–H groups in total. The van der Waals surface area contributed by atoms with Crippen molar-refractivity contribution in [3.63, 3.8) is 0 Å². The lowest BCUT2D eigenvalue weighted by molar-refractivity contribution is 0.179. The highest BCUT2D eigenvalue weighted by molar-refractivity contribution is 8.93. The SMILES string of the molecule is Br.NC(CCCCOc1ccccc1)O[P+](=O)O.c1ccc(-c2ccccc2)cc1. The summed E-state index contributed by atoms with van der Waals surface area (Å²) in [6, 6.07) is 30.3. The summed E-state index contributed by atoms with van der Waals surface area (Å²) in [5.41, 5.74) is 8.01. The van der Waals surface area contributed by atoms with E-state index in [9.17, 15) is 4.57 Å². The molecule has 2 atom stereocenters. The Morgan fingerprint density at radius 3 is 1.73 bits per heavy atom. The average molecular weight is 493 g/mol. The number of halogens is 1. The molecule has 0 saturated heterocycles. The zero-order chi connectivity index (χ0) is 20.7. The lowest BCUT2D eigenvalue weighted by Gasteiger charge is -2.06. The first-order valence-electron chi connectivity index (χ1n) is 9.52. The van der Waals surface area contributed by atoms with E-state index in [4.69, 9.17) is 15.4 Å². The van der Waals surface area contributed by atoms with Crippen molar-refractivity contribution in [3.05, 3.63) is 91.0 Å². The van der Waals surface area contributed by atoms with Gasteiger partial charge in [-0.25, -0.2) is 0 Å². The first kappa shape index (κ1) is 26.0. The van der Waals surface area contributed by atoms with Gasteiger partial charge in [-0.05, 0) is 42.5 Å². The number of hydrogen-bond donors (Lipinski definition) is 2. The van der Waals surface area contributed by atoms with Gasteiger partial charge in [0, 0.05) is 4.57 Å². The van der Waals surface area contributed by atoms with Gasteiger partial charge >= 0.3 is 8.25 Å². The fourth-order valence-electron chi connectivity index (χ4n) is 2.58. The normalized spacial score (nSPS) is 11.3. The fourth-order valence-corrected chi connectivity index (χ4v) is 2.92. The van der Waals surface area contributed by atoms with Crippen molar-refractivity contribution in [1.82, 2.24) is 0 Å². The van der Waals surface area contributed by atoms with Gasteiger partial charge in [0.1, 0.15) is 5.75 Å². The summed E-state index contributed by atoms with van der Waals surface area (Å²) >= 11 is 0. The Labute approximate surface area is 189 Å². The third-order valence-corrected chi connectivity index (χ3v) is 4.45. The minimum Gasteiger partial charge on any atom is -0.494 e. The predicted octanol–water partition coefficient (Wildman–Crippen LogP) is 6.12. The summed E-state index contributed by atoms with van der Waals surface area (Å²) in [5, 5.41) is 0. The van der Waals surface area contributed by atoms with Crippen molar-refractivity contribution < 1.29 is 18.7 Å². The Morgan fingerprint density at radius 1 is 0.800 bits per heavy atom. The van der Waals surface area contributed by atoms with Crippen LogP contribution in [0.3, 0.4) is 0 Å². The van der Waals surface area contributed by atoms with Crippen LogP contribution in [0.15, 0.2) is 91.0 Å². The molecule has 0 fully saturated rings. The van der Waals surface area contributed by atoms with Crippen LogP contribution in [0.2, 0.25) is 0 Å². The minimum absolute atomic E-state index is 0. The quantitative estimate of drug-likeness (QED) is 0.213. The van der Waals surface area contributed by atoms with Gasteiger partial charge in [0.2, 0.25) is 0 Å². The third-order valence-electron chi connectivity index (χ3n) is 4.00. The number of rotatable bonds is 9. The molecule has 0 spiro atoms. The van der Waals surface area contributed by atoms with Gasteiger partial charge in [-0.1, -0.05) is 78.9 Å². The Bertz CT molecular complexity index is 785. The van der Waals surface area contributed by atoms with Crippen LogP contribution in [0.25, 0.3) is 11.1 Å². The van der Waals surface area contributed by atoms with Crippen LogP contribution >= 0.6 is 25.2 Å². The molecule has 2 unspecified atom stereocenters. The Balaban J connectivity index is 0.000000304. The molecule has 0 bridgehead atoms. The monoisotopic (exact) mass is 492 g/mol. The van der Waals surface area contributed by atoms with E-state index in [0.717, 1.165) is 18.6 Å². The Kier molecular flexibility index (Phi) is 13.6. The zero-order valence-electron chi connectivity index (χ0n) is 16.7. The maximum atomic E-state index is 10.3. The van der Waals surface area contributed by atoms with Crippen molar-refractivity contribution in [1.29, 1.82) is 0 Å². The molecular formula is C23H28BrNO4P+. The second-order valence-electron chi connectivity index (χ2n) is 6.27. The molecule has 0 amide bonds. The van der Waals surface area contributed by atoms with Crippen LogP contribution in [-0.2, 0) is 9.09 Å². The average Bonchev–Trinajstić information content (AvgIpc) is 2.75. The van der Waals surface area contributed by atoms with Gasteiger partial charge in [0.05, 0.1) is 6.61 Å². The van der Waals surface area contributed by atoms with Crippen LogP contribution in [0.1, 0.15) is 19.3 Å². The standard InChI is InChI=1S/C12H10.C11H16NO4P.BrH/c1-3-7-11(8-4-1)12-9-5-2-6-10-12;12-11(16-17(13)14)8-4-5-9-15-10-6-2-1-3-7-10;/h1-10H;1-3,6-7,11H,4-5,8-9,12H2;1H/p+1. The van der Waals surface area contributed by atoms with Crippen molar-refractivity contribution in [3.8, 4) is 16.9 Å². The largest absolute Gasteiger partial charge is 0.696 e. The third kappa shape index (κ3) is 11.2. The van der Waals surface area contributed by atoms with E-state index in [-0.39, 0.29) is 17.0 Å². The van der Waals surface area contributed by atoms with E-state index in [1.54, 1.807) is 0 Å². The summed E-state index contributed by atoms with van der Waals surface area (Å²) in [4.78, 5) is 8.46. The van der Waals surface area contributed by atoms with Gasteiger partial charge < -0.3 is 10.5 Å². The number of hydrogen-bond acceptors (Lipinski definition) is 4. The summed E-state index contributed by atoms with van der Waals surface area (Å²) < 4.78 is 20.3. The molecule has 7 heteroatoms. The molecule has 160 valence electrons. The Hall–Kier alpha value is -2.08. The highest BCUT2D eigenvalue weighted by atomic mass is 79.9. The highest BCUT2D eigenvalue weighted by Crippen LogP contribution is 2.18. The molecule has 0 saturated carbocycles. The van der Waals surface area contributed by atoms with Crippen LogP contribution in [0, 0.1) is 0 Å². The summed E-state index contributed by atoms with van der Waals surface area (Å²) in [5.74, 6) is 0.839. The van der Waals surface area contributed by atoms with Crippen molar-refractivity contribution in [2.75, 3.05) is 6.61 Å². The highest BCUT2D eigenvalue weighted by Gasteiger charge is 2.18. The summed E-state index contributed by atoms with van der Waals surface area (Å²) in [7, 11) is -2.61. The van der Waals surface area contributed by atoms with Crippen LogP contribution < -0.4 is 10.5 Å². The second-order valence-corrected chi connectivity index (χ2v) is 6.96. The van der Waals surface area contributed by atoms with E-state index in [0.29, 0.717) is 13.0 Å². The first-order valence-corrected chi connectivity index (χ1v) is 10.6. The van der Waals surface area contributed by atoms with Crippen LogP contribution in [0.4, 0.5) is 0 Å². The molecule has 0 radical (unpaired) electrons. The topological polar surface area (TPSA) is 81.8 Å². The van der Waals surface area contributed by atoms with Crippen molar-refractivity contribution in [2.45, 2.75) is 25.5 Å². The minimum atomic E-state index is -2.61. The summed E-state index contributed by atoms with van der Waals surface area (Å²) in [6.45, 7) is 0.599. The van der Waals surface area contributed by atoms with Crippen LogP contribution in [0.5, 0.6) is 5.75 Å². The van der Waals surface area contributed by atoms with Crippen molar-refractivity contribution >= 4 is 25.2 Å². The predicted molar refractivity (Wildman–Crippen MR) is 127 cm³/mol. The summed E-state index contributed by atoms with van der Waals surface area (Å²) in [6.07, 6.45) is 1.48. The van der Waals surface area contributed by atoms with E-state index in [2.05, 4.69) is 53.1 Å². The maximum absolute atomic E-state index is 10.3. The fraction of sp³-hybridized carbons (Fsp3) is 0.217. The van der Waals surface area contributed by atoms with Crippen LogP contribution in [-0.4, -0.2) is 17.7 Å². The van der Waals surface area contributed by atoms with Crippen molar-refractivity contribution in [2.24, 2.45) is 5.73 Å². The number of unbranched alkanes of at least 4 members (excludes halogenated alkanes) is 1. The number of para-hydroxylation sites is 1. The smallest absolute Gasteiger partial charge is 0.494 e. The molecule has 0 aliphatic rings. The zero-order valence-corrected chi connectivity index (χ0v) is 19.3. The van der Waals surface area contributed by atoms with E-state index >= 15 is 0 Å². The maximum Gasteiger partial charge on any atom is 0.696 e. The molecule has 0 heterocycles. The number of ether oxygens (including phenoxy) is 1. The van der Waals surface area contributed by atoms with E-state index in [1.807, 2.05) is 42.5 Å². The molecule has 3 rings (SSSR count). The lowest BCUT2D eigenvalue weighted by Crippen LogP contribution is -2.20. The molecule has 0 aromatic heterocycles. The lowest BCUT2D eigenvalue weighted by atomic mass is 10.1.